The SMILES string of the molecule is N#CC1(C(O)c2ccoc2)CCOC1. The Morgan fingerprint density at radius 2 is 2.50 bits per heavy atom. The van der Waals surface area contributed by atoms with Gasteiger partial charge in [-0.3, -0.25) is 0 Å². The van der Waals surface area contributed by atoms with Gasteiger partial charge in [0, 0.05) is 12.2 Å². The zero-order chi connectivity index (χ0) is 10.0. The van der Waals surface area contributed by atoms with Gasteiger partial charge < -0.3 is 14.3 Å². The van der Waals surface area contributed by atoms with Gasteiger partial charge in [0.2, 0.25) is 0 Å². The lowest BCUT2D eigenvalue weighted by Crippen LogP contribution is -2.27. The van der Waals surface area contributed by atoms with Gasteiger partial charge in [0.05, 0.1) is 25.2 Å². The molecule has 74 valence electrons. The molecular formula is C10H11NO3. The van der Waals surface area contributed by atoms with Crippen molar-refractivity contribution in [1.29, 1.82) is 5.26 Å². The molecule has 4 heteroatoms. The van der Waals surface area contributed by atoms with Crippen molar-refractivity contribution in [3.8, 4) is 6.07 Å². The normalized spacial score (nSPS) is 28.6. The third-order valence-corrected chi connectivity index (χ3v) is 2.66. The highest BCUT2D eigenvalue weighted by Gasteiger charge is 2.43. The van der Waals surface area contributed by atoms with Crippen molar-refractivity contribution >= 4 is 0 Å². The number of hydrogen-bond acceptors (Lipinski definition) is 4. The minimum Gasteiger partial charge on any atom is -0.472 e. The molecule has 0 spiro atoms. The first-order valence-electron chi connectivity index (χ1n) is 4.48. The summed E-state index contributed by atoms with van der Waals surface area (Å²) in [6, 6.07) is 3.82. The molecule has 2 unspecified atom stereocenters. The maximum absolute atomic E-state index is 10.00. The van der Waals surface area contributed by atoms with Crippen molar-refractivity contribution in [2.75, 3.05) is 13.2 Å². The number of furan rings is 1. The summed E-state index contributed by atoms with van der Waals surface area (Å²) in [6.45, 7) is 0.818. The number of hydrogen-bond donors (Lipinski definition) is 1. The highest BCUT2D eigenvalue weighted by molar-refractivity contribution is 5.19. The van der Waals surface area contributed by atoms with Crippen molar-refractivity contribution in [3.05, 3.63) is 24.2 Å². The minimum absolute atomic E-state index is 0.288. The number of ether oxygens (including phenoxy) is 1. The van der Waals surface area contributed by atoms with Gasteiger partial charge in [0.1, 0.15) is 11.5 Å². The molecule has 1 N–H and O–H groups in total. The van der Waals surface area contributed by atoms with E-state index in [2.05, 4.69) is 6.07 Å². The van der Waals surface area contributed by atoms with E-state index in [0.29, 0.717) is 18.6 Å². The Kier molecular flexibility index (Phi) is 2.28. The highest BCUT2D eigenvalue weighted by atomic mass is 16.5. The lowest BCUT2D eigenvalue weighted by molar-refractivity contribution is 0.0500. The first kappa shape index (κ1) is 9.25. The van der Waals surface area contributed by atoms with Gasteiger partial charge in [-0.15, -0.1) is 0 Å². The molecule has 0 saturated carbocycles. The van der Waals surface area contributed by atoms with Gasteiger partial charge >= 0.3 is 0 Å². The van der Waals surface area contributed by atoms with Crippen molar-refractivity contribution in [3.63, 3.8) is 0 Å². The monoisotopic (exact) mass is 193 g/mol. The predicted molar refractivity (Wildman–Crippen MR) is 47.1 cm³/mol. The summed E-state index contributed by atoms with van der Waals surface area (Å²) in [6.07, 6.45) is 2.69. The Hall–Kier alpha value is -1.31. The third kappa shape index (κ3) is 1.31. The van der Waals surface area contributed by atoms with Crippen LogP contribution < -0.4 is 0 Å². The van der Waals surface area contributed by atoms with Crippen LogP contribution in [-0.2, 0) is 4.74 Å². The molecule has 0 amide bonds. The van der Waals surface area contributed by atoms with Crippen molar-refractivity contribution in [2.45, 2.75) is 12.5 Å². The van der Waals surface area contributed by atoms with Crippen LogP contribution in [0.15, 0.2) is 23.0 Å². The lowest BCUT2D eigenvalue weighted by Gasteiger charge is -2.24. The highest BCUT2D eigenvalue weighted by Crippen LogP contribution is 2.40. The maximum Gasteiger partial charge on any atom is 0.113 e. The minimum atomic E-state index is -0.825. The van der Waals surface area contributed by atoms with Crippen LogP contribution in [0.25, 0.3) is 0 Å². The summed E-state index contributed by atoms with van der Waals surface area (Å²) in [5.41, 5.74) is -0.166. The molecule has 1 aromatic rings. The second-order valence-corrected chi connectivity index (χ2v) is 3.53. The summed E-state index contributed by atoms with van der Waals surface area (Å²) in [4.78, 5) is 0. The largest absolute Gasteiger partial charge is 0.472 e. The molecule has 1 fully saturated rings. The molecular weight excluding hydrogens is 182 g/mol. The van der Waals surface area contributed by atoms with Crippen LogP contribution in [-0.4, -0.2) is 18.3 Å². The second kappa shape index (κ2) is 3.45. The Labute approximate surface area is 81.7 Å². The number of rotatable bonds is 2. The van der Waals surface area contributed by atoms with Crippen LogP contribution in [0.1, 0.15) is 18.1 Å². The van der Waals surface area contributed by atoms with E-state index in [0.717, 1.165) is 0 Å². The van der Waals surface area contributed by atoms with E-state index >= 15 is 0 Å². The van der Waals surface area contributed by atoms with Crippen LogP contribution in [0.2, 0.25) is 0 Å². The van der Waals surface area contributed by atoms with Crippen molar-refractivity contribution < 1.29 is 14.3 Å². The van der Waals surface area contributed by atoms with Crippen LogP contribution in [0, 0.1) is 16.7 Å². The van der Waals surface area contributed by atoms with Gasteiger partial charge in [-0.1, -0.05) is 0 Å². The van der Waals surface area contributed by atoms with E-state index in [4.69, 9.17) is 14.4 Å². The number of nitrogens with zero attached hydrogens (tertiary/aromatic N) is 1. The van der Waals surface area contributed by atoms with Crippen LogP contribution in [0.4, 0.5) is 0 Å². The predicted octanol–water partition coefficient (Wildman–Crippen LogP) is 1.24. The summed E-state index contributed by atoms with van der Waals surface area (Å²) in [7, 11) is 0. The molecule has 0 bridgehead atoms. The van der Waals surface area contributed by atoms with E-state index in [-0.39, 0.29) is 6.61 Å². The quantitative estimate of drug-likeness (QED) is 0.767. The molecule has 0 aromatic carbocycles. The molecule has 1 saturated heterocycles. The van der Waals surface area contributed by atoms with Crippen molar-refractivity contribution in [2.24, 2.45) is 5.41 Å². The number of aliphatic hydroxyl groups is 1. The van der Waals surface area contributed by atoms with Gasteiger partial charge in [0.15, 0.2) is 0 Å². The van der Waals surface area contributed by atoms with Gasteiger partial charge in [-0.05, 0) is 12.5 Å². The topological polar surface area (TPSA) is 66.4 Å². The average molecular weight is 193 g/mol. The Morgan fingerprint density at radius 1 is 1.64 bits per heavy atom. The molecule has 2 rings (SSSR count). The van der Waals surface area contributed by atoms with E-state index in [9.17, 15) is 5.11 Å². The Bertz CT molecular complexity index is 333. The fourth-order valence-electron chi connectivity index (χ4n) is 1.70. The Morgan fingerprint density at radius 3 is 3.00 bits per heavy atom. The first-order valence-corrected chi connectivity index (χ1v) is 4.48. The standard InChI is InChI=1S/C10H11NO3/c11-6-10(2-4-14-7-10)9(12)8-1-3-13-5-8/h1,3,5,9,12H,2,4,7H2. The smallest absolute Gasteiger partial charge is 0.113 e. The molecule has 14 heavy (non-hydrogen) atoms. The molecule has 1 aliphatic heterocycles. The fraction of sp³-hybridized carbons (Fsp3) is 0.500. The molecule has 2 heterocycles. The van der Waals surface area contributed by atoms with E-state index in [1.165, 1.54) is 12.5 Å². The van der Waals surface area contributed by atoms with Crippen LogP contribution in [0.3, 0.4) is 0 Å². The van der Waals surface area contributed by atoms with E-state index in [1.807, 2.05) is 0 Å². The molecule has 0 aliphatic carbocycles. The van der Waals surface area contributed by atoms with Crippen LogP contribution in [0.5, 0.6) is 0 Å². The summed E-state index contributed by atoms with van der Waals surface area (Å²) in [5, 5.41) is 19.1. The molecule has 0 radical (unpaired) electrons. The van der Waals surface area contributed by atoms with Crippen molar-refractivity contribution in [1.82, 2.24) is 0 Å². The number of aliphatic hydroxyl groups excluding tert-OH is 1. The average Bonchev–Trinajstić information content (AvgIpc) is 2.89. The van der Waals surface area contributed by atoms with E-state index in [1.54, 1.807) is 6.07 Å². The summed E-state index contributed by atoms with van der Waals surface area (Å²) in [5.74, 6) is 0. The van der Waals surface area contributed by atoms with Crippen LogP contribution >= 0.6 is 0 Å². The van der Waals surface area contributed by atoms with Gasteiger partial charge in [-0.2, -0.15) is 5.26 Å². The third-order valence-electron chi connectivity index (χ3n) is 2.66. The Balaban J connectivity index is 2.25. The lowest BCUT2D eigenvalue weighted by atomic mass is 9.80. The second-order valence-electron chi connectivity index (χ2n) is 3.53. The number of nitriles is 1. The van der Waals surface area contributed by atoms with Gasteiger partial charge in [-0.25, -0.2) is 0 Å². The summed E-state index contributed by atoms with van der Waals surface area (Å²) >= 11 is 0. The van der Waals surface area contributed by atoms with E-state index < -0.39 is 11.5 Å². The molecule has 2 atom stereocenters. The maximum atomic E-state index is 10.00. The first-order chi connectivity index (χ1) is 6.78. The summed E-state index contributed by atoms with van der Waals surface area (Å²) < 4.78 is 10.0. The zero-order valence-electron chi connectivity index (χ0n) is 7.64. The fourth-order valence-corrected chi connectivity index (χ4v) is 1.70. The van der Waals surface area contributed by atoms with Gasteiger partial charge in [0.25, 0.3) is 0 Å². The molecule has 4 nitrogen and oxygen atoms in total. The zero-order valence-corrected chi connectivity index (χ0v) is 7.64. The molecule has 1 aromatic heterocycles. The molecule has 1 aliphatic rings.